The Morgan fingerprint density at radius 1 is 1.58 bits per heavy atom. The maximum absolute atomic E-state index is 11.0. The van der Waals surface area contributed by atoms with Crippen LogP contribution in [0.5, 0.6) is 0 Å². The highest BCUT2D eigenvalue weighted by atomic mass is 16.1. The van der Waals surface area contributed by atoms with Gasteiger partial charge in [0.2, 0.25) is 0 Å². The maximum Gasteiger partial charge on any atom is 0.250 e. The molecule has 0 saturated carbocycles. The molecule has 2 rings (SSSR count). The van der Waals surface area contributed by atoms with Gasteiger partial charge in [0, 0.05) is 17.8 Å². The van der Waals surface area contributed by atoms with E-state index in [0.29, 0.717) is 6.04 Å². The summed E-state index contributed by atoms with van der Waals surface area (Å²) >= 11 is 0. The van der Waals surface area contributed by atoms with E-state index in [1.807, 2.05) is 13.0 Å². The lowest BCUT2D eigenvalue weighted by Gasteiger charge is -2.27. The van der Waals surface area contributed by atoms with Crippen LogP contribution >= 0.6 is 0 Å². The molecule has 2 heterocycles. The smallest absolute Gasteiger partial charge is 0.250 e. The zero-order valence-corrected chi connectivity index (χ0v) is 7.05. The molecule has 0 spiro atoms. The minimum atomic E-state index is 0.0121. The van der Waals surface area contributed by atoms with Crippen LogP contribution in [0.3, 0.4) is 0 Å². The predicted molar refractivity (Wildman–Crippen MR) is 47.2 cm³/mol. The van der Waals surface area contributed by atoms with Gasteiger partial charge in [0.25, 0.3) is 5.56 Å². The molecule has 1 aromatic rings. The summed E-state index contributed by atoms with van der Waals surface area (Å²) < 4.78 is 0. The molecule has 0 radical (unpaired) electrons. The highest BCUT2D eigenvalue weighted by molar-refractivity contribution is 5.21. The van der Waals surface area contributed by atoms with E-state index in [4.69, 9.17) is 0 Å². The quantitative estimate of drug-likeness (QED) is 0.642. The van der Waals surface area contributed by atoms with E-state index in [-0.39, 0.29) is 5.56 Å². The number of hydrogen-bond acceptors (Lipinski definition) is 2. The zero-order chi connectivity index (χ0) is 8.55. The Morgan fingerprint density at radius 2 is 2.33 bits per heavy atom. The van der Waals surface area contributed by atoms with Crippen LogP contribution in [0.1, 0.15) is 23.6 Å². The molecule has 0 aromatic carbocycles. The lowest BCUT2D eigenvalue weighted by atomic mass is 9.99. The number of aromatic nitrogens is 1. The maximum atomic E-state index is 11.0. The largest absolute Gasteiger partial charge is 0.329 e. The molecule has 0 bridgehead atoms. The summed E-state index contributed by atoms with van der Waals surface area (Å²) in [5.41, 5.74) is 2.00. The molecule has 1 atom stereocenters. The van der Waals surface area contributed by atoms with Crippen LogP contribution in [0.25, 0.3) is 0 Å². The van der Waals surface area contributed by atoms with Crippen molar-refractivity contribution >= 4 is 0 Å². The van der Waals surface area contributed by atoms with Gasteiger partial charge in [-0.3, -0.25) is 4.79 Å². The number of aromatic amines is 1. The Kier molecular flexibility index (Phi) is 1.73. The van der Waals surface area contributed by atoms with Crippen molar-refractivity contribution in [2.75, 3.05) is 6.54 Å². The Bertz CT molecular complexity index is 339. The van der Waals surface area contributed by atoms with E-state index in [1.165, 1.54) is 12.0 Å². The van der Waals surface area contributed by atoms with Crippen molar-refractivity contribution in [1.29, 1.82) is 0 Å². The van der Waals surface area contributed by atoms with Crippen molar-refractivity contribution in [3.05, 3.63) is 33.7 Å². The Balaban J connectivity index is 2.33. The monoisotopic (exact) mass is 164 g/mol. The highest BCUT2D eigenvalue weighted by Gasteiger charge is 2.18. The van der Waals surface area contributed by atoms with Gasteiger partial charge in [0.1, 0.15) is 0 Å². The van der Waals surface area contributed by atoms with Crippen LogP contribution in [0.2, 0.25) is 0 Å². The van der Waals surface area contributed by atoms with Gasteiger partial charge in [-0.2, -0.15) is 0 Å². The van der Waals surface area contributed by atoms with Crippen molar-refractivity contribution in [1.82, 2.24) is 10.3 Å². The van der Waals surface area contributed by atoms with Gasteiger partial charge in [-0.1, -0.05) is 0 Å². The van der Waals surface area contributed by atoms with Crippen molar-refractivity contribution in [2.45, 2.75) is 19.4 Å². The number of nitrogens with one attached hydrogen (secondary N) is 2. The van der Waals surface area contributed by atoms with Gasteiger partial charge in [-0.25, -0.2) is 0 Å². The van der Waals surface area contributed by atoms with Gasteiger partial charge < -0.3 is 10.3 Å². The van der Waals surface area contributed by atoms with Gasteiger partial charge in [-0.15, -0.1) is 0 Å². The summed E-state index contributed by atoms with van der Waals surface area (Å²) in [5, 5.41) is 3.29. The number of pyridine rings is 1. The van der Waals surface area contributed by atoms with Crippen LogP contribution in [-0.2, 0) is 0 Å². The van der Waals surface area contributed by atoms with Crippen LogP contribution < -0.4 is 10.9 Å². The third-order valence-corrected chi connectivity index (χ3v) is 2.34. The molecule has 64 valence electrons. The van der Waals surface area contributed by atoms with E-state index < -0.39 is 0 Å². The van der Waals surface area contributed by atoms with Crippen molar-refractivity contribution in [3.63, 3.8) is 0 Å². The Hall–Kier alpha value is -1.09. The standard InChI is InChI=1S/C9H12N2O/c1-6-4-7(5-11-9(6)12)8-2-3-10-8/h4-5,8,10H,2-3H2,1H3,(H,11,12). The lowest BCUT2D eigenvalue weighted by Crippen LogP contribution is -2.35. The molecule has 3 nitrogen and oxygen atoms in total. The first-order valence-corrected chi connectivity index (χ1v) is 4.20. The molecule has 1 aliphatic rings. The third kappa shape index (κ3) is 1.16. The minimum Gasteiger partial charge on any atom is -0.329 e. The fraction of sp³-hybridized carbons (Fsp3) is 0.444. The zero-order valence-electron chi connectivity index (χ0n) is 7.05. The van der Waals surface area contributed by atoms with Gasteiger partial charge in [0.15, 0.2) is 0 Å². The molecule has 1 unspecified atom stereocenters. The van der Waals surface area contributed by atoms with Crippen LogP contribution in [0.15, 0.2) is 17.1 Å². The highest BCUT2D eigenvalue weighted by Crippen LogP contribution is 2.21. The fourth-order valence-corrected chi connectivity index (χ4v) is 1.39. The second-order valence-corrected chi connectivity index (χ2v) is 3.24. The SMILES string of the molecule is Cc1cc(C2CCN2)c[nH]c1=O. The second kappa shape index (κ2) is 2.75. The average Bonchev–Trinajstić information content (AvgIpc) is 1.93. The summed E-state index contributed by atoms with van der Waals surface area (Å²) in [6, 6.07) is 2.41. The van der Waals surface area contributed by atoms with Crippen LogP contribution in [0, 0.1) is 6.92 Å². The third-order valence-electron chi connectivity index (χ3n) is 2.34. The molecule has 3 heteroatoms. The topological polar surface area (TPSA) is 44.9 Å². The van der Waals surface area contributed by atoms with Crippen LogP contribution in [-0.4, -0.2) is 11.5 Å². The summed E-state index contributed by atoms with van der Waals surface area (Å²) in [5.74, 6) is 0. The molecule has 2 N–H and O–H groups in total. The Labute approximate surface area is 70.8 Å². The minimum absolute atomic E-state index is 0.0121. The number of H-pyrrole nitrogens is 1. The first-order valence-electron chi connectivity index (χ1n) is 4.20. The van der Waals surface area contributed by atoms with E-state index >= 15 is 0 Å². The van der Waals surface area contributed by atoms with Crippen molar-refractivity contribution < 1.29 is 0 Å². The molecule has 1 saturated heterocycles. The molecule has 12 heavy (non-hydrogen) atoms. The van der Waals surface area contributed by atoms with Crippen LogP contribution in [0.4, 0.5) is 0 Å². The molecular weight excluding hydrogens is 152 g/mol. The summed E-state index contributed by atoms with van der Waals surface area (Å²) in [7, 11) is 0. The normalized spacial score (nSPS) is 21.9. The summed E-state index contributed by atoms with van der Waals surface area (Å²) in [6.45, 7) is 2.92. The average molecular weight is 164 g/mol. The fourth-order valence-electron chi connectivity index (χ4n) is 1.39. The Morgan fingerprint density at radius 3 is 2.83 bits per heavy atom. The first kappa shape index (κ1) is 7.55. The van der Waals surface area contributed by atoms with E-state index in [1.54, 1.807) is 6.20 Å². The van der Waals surface area contributed by atoms with E-state index in [9.17, 15) is 4.79 Å². The first-order chi connectivity index (χ1) is 5.77. The summed E-state index contributed by atoms with van der Waals surface area (Å²) in [4.78, 5) is 13.7. The van der Waals surface area contributed by atoms with E-state index in [0.717, 1.165) is 12.1 Å². The molecule has 0 amide bonds. The van der Waals surface area contributed by atoms with E-state index in [2.05, 4.69) is 10.3 Å². The molecule has 0 aliphatic carbocycles. The number of aryl methyl sites for hydroxylation is 1. The number of rotatable bonds is 1. The molecule has 1 aliphatic heterocycles. The second-order valence-electron chi connectivity index (χ2n) is 3.24. The molecular formula is C9H12N2O. The predicted octanol–water partition coefficient (Wildman–Crippen LogP) is 0.718. The van der Waals surface area contributed by atoms with Crippen molar-refractivity contribution in [2.24, 2.45) is 0 Å². The van der Waals surface area contributed by atoms with Gasteiger partial charge in [0.05, 0.1) is 0 Å². The van der Waals surface area contributed by atoms with Crippen molar-refractivity contribution in [3.8, 4) is 0 Å². The number of hydrogen-bond donors (Lipinski definition) is 2. The lowest BCUT2D eigenvalue weighted by molar-refractivity contribution is 0.382. The molecule has 1 fully saturated rings. The van der Waals surface area contributed by atoms with Gasteiger partial charge >= 0.3 is 0 Å². The van der Waals surface area contributed by atoms with Gasteiger partial charge in [-0.05, 0) is 31.5 Å². The molecule has 1 aromatic heterocycles. The summed E-state index contributed by atoms with van der Waals surface area (Å²) in [6.07, 6.45) is 2.97.